The molecular formula is C16H22FN3O4S2. The third-order valence-electron chi connectivity index (χ3n) is 4.56. The molecule has 2 aliphatic heterocycles. The smallest absolute Gasteiger partial charge is 0.297 e. The summed E-state index contributed by atoms with van der Waals surface area (Å²) in [6.07, 6.45) is 0.462. The van der Waals surface area contributed by atoms with Gasteiger partial charge in [-0.1, -0.05) is 0 Å². The van der Waals surface area contributed by atoms with Gasteiger partial charge in [0.15, 0.2) is 0 Å². The number of thiazole rings is 1. The van der Waals surface area contributed by atoms with Gasteiger partial charge in [-0.15, -0.1) is 11.3 Å². The molecule has 2 fully saturated rings. The zero-order valence-corrected chi connectivity index (χ0v) is 16.5. The van der Waals surface area contributed by atoms with Crippen LogP contribution in [-0.2, 0) is 19.3 Å². The second-order valence-corrected chi connectivity index (χ2v) is 10.4. The van der Waals surface area contributed by atoms with Gasteiger partial charge < -0.3 is 9.64 Å². The van der Waals surface area contributed by atoms with E-state index in [4.69, 9.17) is 4.74 Å². The zero-order chi connectivity index (χ0) is 18.9. The standard InChI is InChI=1S/C16H22FN3O4S2/c1-11-13(25-12(2)18-11)14(21)19-26(23)8-3-5-20(6-9-26)15(22)16(17)4-7-24-10-16/h3-10H2,1-2H3. The predicted octanol–water partition coefficient (Wildman–Crippen LogP) is 1.73. The number of alkyl halides is 1. The lowest BCUT2D eigenvalue weighted by Crippen LogP contribution is -2.47. The molecule has 2 saturated heterocycles. The van der Waals surface area contributed by atoms with Crippen molar-refractivity contribution in [2.45, 2.75) is 32.4 Å². The molecule has 26 heavy (non-hydrogen) atoms. The molecule has 2 amide bonds. The van der Waals surface area contributed by atoms with Crippen LogP contribution in [0.5, 0.6) is 0 Å². The number of ether oxygens (including phenoxy) is 1. The minimum Gasteiger partial charge on any atom is -0.377 e. The van der Waals surface area contributed by atoms with Crippen molar-refractivity contribution in [2.24, 2.45) is 4.36 Å². The Hall–Kier alpha value is -1.39. The van der Waals surface area contributed by atoms with E-state index >= 15 is 0 Å². The van der Waals surface area contributed by atoms with Crippen LogP contribution < -0.4 is 0 Å². The molecule has 3 rings (SSSR count). The molecule has 0 bridgehead atoms. The highest BCUT2D eigenvalue weighted by Crippen LogP contribution is 2.27. The van der Waals surface area contributed by atoms with Crippen molar-refractivity contribution in [1.82, 2.24) is 9.88 Å². The Kier molecular flexibility index (Phi) is 5.45. The van der Waals surface area contributed by atoms with Crippen LogP contribution in [0.4, 0.5) is 4.39 Å². The summed E-state index contributed by atoms with van der Waals surface area (Å²) < 4.78 is 36.7. The molecule has 144 valence electrons. The number of halogens is 1. The Labute approximate surface area is 156 Å². The first kappa shape index (κ1) is 19.4. The summed E-state index contributed by atoms with van der Waals surface area (Å²) in [6.45, 7) is 3.94. The van der Waals surface area contributed by atoms with E-state index in [1.807, 2.05) is 0 Å². The monoisotopic (exact) mass is 403 g/mol. The van der Waals surface area contributed by atoms with Gasteiger partial charge in [0.2, 0.25) is 5.67 Å². The van der Waals surface area contributed by atoms with Crippen molar-refractivity contribution in [3.05, 3.63) is 15.6 Å². The zero-order valence-electron chi connectivity index (χ0n) is 14.8. The fourth-order valence-electron chi connectivity index (χ4n) is 3.16. The van der Waals surface area contributed by atoms with Crippen molar-refractivity contribution in [2.75, 3.05) is 37.8 Å². The average molecular weight is 404 g/mol. The maximum absolute atomic E-state index is 14.6. The average Bonchev–Trinajstić information content (AvgIpc) is 3.10. The van der Waals surface area contributed by atoms with E-state index in [1.165, 1.54) is 16.2 Å². The summed E-state index contributed by atoms with van der Waals surface area (Å²) in [5.74, 6) is -0.851. The topological polar surface area (TPSA) is 88.9 Å². The fraction of sp³-hybridized carbons (Fsp3) is 0.688. The Morgan fingerprint density at radius 3 is 2.73 bits per heavy atom. The molecule has 0 aromatic carbocycles. The van der Waals surface area contributed by atoms with Crippen molar-refractivity contribution in [3.8, 4) is 0 Å². The van der Waals surface area contributed by atoms with Crippen LogP contribution in [0.3, 0.4) is 0 Å². The van der Waals surface area contributed by atoms with Gasteiger partial charge in [0.05, 0.1) is 33.6 Å². The van der Waals surface area contributed by atoms with Gasteiger partial charge in [0, 0.05) is 31.0 Å². The van der Waals surface area contributed by atoms with Crippen LogP contribution in [0.25, 0.3) is 0 Å². The molecule has 3 heterocycles. The molecule has 0 N–H and O–H groups in total. The number of carbonyl (C=O) groups excluding carboxylic acids is 2. The van der Waals surface area contributed by atoms with Crippen LogP contribution in [0, 0.1) is 13.8 Å². The quantitative estimate of drug-likeness (QED) is 0.750. The van der Waals surface area contributed by atoms with Gasteiger partial charge in [-0.05, 0) is 20.3 Å². The van der Waals surface area contributed by atoms with Crippen molar-refractivity contribution in [1.29, 1.82) is 0 Å². The number of aromatic nitrogens is 1. The maximum Gasteiger partial charge on any atom is 0.297 e. The van der Waals surface area contributed by atoms with Gasteiger partial charge >= 0.3 is 0 Å². The third kappa shape index (κ3) is 3.96. The molecule has 0 radical (unpaired) electrons. The molecule has 2 unspecified atom stereocenters. The minimum absolute atomic E-state index is 0.0462. The van der Waals surface area contributed by atoms with E-state index in [0.29, 0.717) is 23.5 Å². The Morgan fingerprint density at radius 1 is 1.35 bits per heavy atom. The van der Waals surface area contributed by atoms with Gasteiger partial charge in [-0.2, -0.15) is 4.36 Å². The van der Waals surface area contributed by atoms with Crippen LogP contribution >= 0.6 is 11.3 Å². The molecule has 0 aliphatic carbocycles. The summed E-state index contributed by atoms with van der Waals surface area (Å²) in [7, 11) is -2.78. The molecule has 2 atom stereocenters. The summed E-state index contributed by atoms with van der Waals surface area (Å²) >= 11 is 1.23. The van der Waals surface area contributed by atoms with Crippen LogP contribution in [0.2, 0.25) is 0 Å². The summed E-state index contributed by atoms with van der Waals surface area (Å²) in [5, 5.41) is 0.751. The van der Waals surface area contributed by atoms with Crippen molar-refractivity contribution < 1.29 is 22.9 Å². The minimum atomic E-state index is -2.78. The van der Waals surface area contributed by atoms with Crippen molar-refractivity contribution >= 4 is 32.9 Å². The number of aryl methyl sites for hydroxylation is 2. The highest BCUT2D eigenvalue weighted by atomic mass is 32.2. The lowest BCUT2D eigenvalue weighted by molar-refractivity contribution is -0.143. The maximum atomic E-state index is 14.6. The summed E-state index contributed by atoms with van der Waals surface area (Å²) in [5.41, 5.74) is -1.41. The van der Waals surface area contributed by atoms with Gasteiger partial charge in [-0.3, -0.25) is 9.59 Å². The molecule has 0 spiro atoms. The number of hydrogen-bond donors (Lipinski definition) is 0. The lowest BCUT2D eigenvalue weighted by Gasteiger charge is -2.26. The molecule has 10 heteroatoms. The van der Waals surface area contributed by atoms with Crippen LogP contribution in [-0.4, -0.2) is 69.4 Å². The predicted molar refractivity (Wildman–Crippen MR) is 96.7 cm³/mol. The largest absolute Gasteiger partial charge is 0.377 e. The Morgan fingerprint density at radius 2 is 2.12 bits per heavy atom. The van der Waals surface area contributed by atoms with E-state index in [1.54, 1.807) is 13.8 Å². The number of amides is 2. The highest BCUT2D eigenvalue weighted by Gasteiger charge is 2.45. The summed E-state index contributed by atoms with van der Waals surface area (Å²) in [6, 6.07) is 0. The second-order valence-electron chi connectivity index (χ2n) is 6.64. The van der Waals surface area contributed by atoms with Crippen LogP contribution in [0.15, 0.2) is 4.36 Å². The Balaban J connectivity index is 1.74. The van der Waals surface area contributed by atoms with E-state index < -0.39 is 27.2 Å². The molecule has 2 aliphatic rings. The number of rotatable bonds is 2. The van der Waals surface area contributed by atoms with E-state index in [2.05, 4.69) is 9.35 Å². The number of hydrogen-bond acceptors (Lipinski definition) is 6. The van der Waals surface area contributed by atoms with E-state index in [-0.39, 0.29) is 37.7 Å². The fourth-order valence-corrected chi connectivity index (χ4v) is 5.88. The molecule has 0 saturated carbocycles. The lowest BCUT2D eigenvalue weighted by atomic mass is 10.0. The first-order valence-corrected chi connectivity index (χ1v) is 11.2. The Bertz CT molecular complexity index is 839. The number of nitrogens with zero attached hydrogens (tertiary/aromatic N) is 3. The molecule has 1 aromatic rings. The summed E-state index contributed by atoms with van der Waals surface area (Å²) in [4.78, 5) is 30.8. The number of carbonyl (C=O) groups is 2. The van der Waals surface area contributed by atoms with Gasteiger partial charge in [0.25, 0.3) is 11.8 Å². The first-order valence-electron chi connectivity index (χ1n) is 8.49. The molecular weight excluding hydrogens is 381 g/mol. The normalized spacial score (nSPS) is 29.4. The molecule has 1 aromatic heterocycles. The first-order chi connectivity index (χ1) is 12.2. The van der Waals surface area contributed by atoms with Gasteiger partial charge in [0.1, 0.15) is 4.88 Å². The second kappa shape index (κ2) is 7.32. The third-order valence-corrected chi connectivity index (χ3v) is 7.87. The van der Waals surface area contributed by atoms with E-state index in [0.717, 1.165) is 5.01 Å². The molecule has 7 nitrogen and oxygen atoms in total. The van der Waals surface area contributed by atoms with Gasteiger partial charge in [-0.25, -0.2) is 13.6 Å². The highest BCUT2D eigenvalue weighted by molar-refractivity contribution is 7.93. The van der Waals surface area contributed by atoms with Crippen molar-refractivity contribution in [3.63, 3.8) is 0 Å². The van der Waals surface area contributed by atoms with Crippen LogP contribution in [0.1, 0.15) is 33.2 Å². The SMILES string of the molecule is Cc1nc(C)c(C(=O)N=S2(=O)CCCN(C(=O)C3(F)CCOC3)CC2)s1. The van der Waals surface area contributed by atoms with E-state index in [9.17, 15) is 18.2 Å².